The highest BCUT2D eigenvalue weighted by molar-refractivity contribution is 6.11. The highest BCUT2D eigenvalue weighted by Crippen LogP contribution is 2.35. The molecule has 2 aromatic carbocycles. The van der Waals surface area contributed by atoms with Gasteiger partial charge in [-0.15, -0.1) is 0 Å². The predicted octanol–water partition coefficient (Wildman–Crippen LogP) is 4.53. The molecule has 33 heavy (non-hydrogen) atoms. The van der Waals surface area contributed by atoms with Crippen molar-refractivity contribution < 1.29 is 9.59 Å². The number of amides is 2. The first-order valence-electron chi connectivity index (χ1n) is 11.3. The number of aryl methyl sites for hydroxylation is 2. The van der Waals surface area contributed by atoms with E-state index in [1.54, 1.807) is 9.58 Å². The highest BCUT2D eigenvalue weighted by atomic mass is 16.2. The third kappa shape index (κ3) is 4.30. The molecule has 0 radical (unpaired) electrons. The Kier molecular flexibility index (Phi) is 5.64. The molecule has 2 amide bonds. The number of fused-ring (bicyclic) bond motifs is 1. The monoisotopic (exact) mass is 444 g/mol. The molecule has 0 bridgehead atoms. The van der Waals surface area contributed by atoms with Crippen LogP contribution in [0.1, 0.15) is 60.6 Å². The molecule has 2 heterocycles. The van der Waals surface area contributed by atoms with Crippen LogP contribution < -0.4 is 10.2 Å². The van der Waals surface area contributed by atoms with Crippen molar-refractivity contribution in [3.8, 4) is 0 Å². The summed E-state index contributed by atoms with van der Waals surface area (Å²) in [5, 5.41) is 7.77. The van der Waals surface area contributed by atoms with E-state index in [0.29, 0.717) is 12.2 Å². The van der Waals surface area contributed by atoms with Gasteiger partial charge < -0.3 is 5.32 Å². The van der Waals surface area contributed by atoms with E-state index in [2.05, 4.69) is 32.2 Å². The van der Waals surface area contributed by atoms with E-state index < -0.39 is 5.54 Å². The van der Waals surface area contributed by atoms with E-state index in [9.17, 15) is 9.59 Å². The number of benzene rings is 2. The summed E-state index contributed by atoms with van der Waals surface area (Å²) in [5.41, 5.74) is 3.80. The van der Waals surface area contributed by atoms with Crippen LogP contribution in [0.4, 0.5) is 5.69 Å². The van der Waals surface area contributed by atoms with Crippen LogP contribution in [0.5, 0.6) is 0 Å². The second kappa shape index (κ2) is 8.18. The summed E-state index contributed by atoms with van der Waals surface area (Å²) in [7, 11) is 0. The van der Waals surface area contributed by atoms with Crippen molar-refractivity contribution in [2.75, 3.05) is 4.90 Å². The molecule has 3 aromatic rings. The van der Waals surface area contributed by atoms with Gasteiger partial charge in [-0.3, -0.25) is 19.2 Å². The van der Waals surface area contributed by atoms with E-state index in [-0.39, 0.29) is 23.8 Å². The zero-order chi connectivity index (χ0) is 24.0. The number of nitrogens with zero attached hydrogens (tertiary/aromatic N) is 3. The molecule has 4 rings (SSSR count). The summed E-state index contributed by atoms with van der Waals surface area (Å²) >= 11 is 0. The lowest BCUT2D eigenvalue weighted by molar-refractivity contribution is -0.126. The largest absolute Gasteiger partial charge is 0.350 e. The quantitative estimate of drug-likeness (QED) is 0.643. The van der Waals surface area contributed by atoms with Crippen molar-refractivity contribution in [3.05, 3.63) is 82.7 Å². The van der Waals surface area contributed by atoms with Crippen LogP contribution in [0.2, 0.25) is 0 Å². The Morgan fingerprint density at radius 2 is 1.70 bits per heavy atom. The van der Waals surface area contributed by atoms with E-state index in [1.165, 1.54) is 0 Å². The SMILES string of the molecule is Cc1cc(C)cc(N2C(=O)c3cc(C(C)(C)C)nn3C[C@]2(C)C(=O)NCc2ccccc2)c1. The molecule has 0 saturated heterocycles. The fraction of sp³-hybridized carbons (Fsp3) is 0.370. The first-order chi connectivity index (χ1) is 15.5. The van der Waals surface area contributed by atoms with E-state index in [1.807, 2.05) is 69.3 Å². The van der Waals surface area contributed by atoms with Crippen molar-refractivity contribution >= 4 is 17.5 Å². The van der Waals surface area contributed by atoms with Gasteiger partial charge in [0.15, 0.2) is 0 Å². The first-order valence-corrected chi connectivity index (χ1v) is 11.3. The lowest BCUT2D eigenvalue weighted by atomic mass is 9.91. The molecule has 1 aliphatic rings. The highest BCUT2D eigenvalue weighted by Gasteiger charge is 2.49. The van der Waals surface area contributed by atoms with Crippen LogP contribution >= 0.6 is 0 Å². The molecule has 1 aliphatic heterocycles. The van der Waals surface area contributed by atoms with Crippen LogP contribution in [0.15, 0.2) is 54.6 Å². The predicted molar refractivity (Wildman–Crippen MR) is 130 cm³/mol. The van der Waals surface area contributed by atoms with Gasteiger partial charge in [-0.25, -0.2) is 0 Å². The minimum absolute atomic E-state index is 0.207. The maximum Gasteiger partial charge on any atom is 0.277 e. The summed E-state index contributed by atoms with van der Waals surface area (Å²) in [6.07, 6.45) is 0. The minimum atomic E-state index is -1.14. The van der Waals surface area contributed by atoms with Gasteiger partial charge in [0.05, 0.1) is 12.2 Å². The Hall–Kier alpha value is -3.41. The Labute approximate surface area is 195 Å². The van der Waals surface area contributed by atoms with Crippen LogP contribution in [0, 0.1) is 13.8 Å². The second-order valence-corrected chi connectivity index (χ2v) is 10.3. The first kappa shape index (κ1) is 22.8. The van der Waals surface area contributed by atoms with Gasteiger partial charge in [-0.2, -0.15) is 5.10 Å². The molecule has 0 fully saturated rings. The zero-order valence-corrected chi connectivity index (χ0v) is 20.3. The van der Waals surface area contributed by atoms with Crippen molar-refractivity contribution in [1.82, 2.24) is 15.1 Å². The molecule has 0 unspecified atom stereocenters. The number of anilines is 1. The fourth-order valence-corrected chi connectivity index (χ4v) is 4.40. The molecule has 0 spiro atoms. The van der Waals surface area contributed by atoms with Crippen LogP contribution in [0.25, 0.3) is 0 Å². The molecule has 6 nitrogen and oxygen atoms in total. The number of nitrogens with one attached hydrogen (secondary N) is 1. The van der Waals surface area contributed by atoms with E-state index in [4.69, 9.17) is 5.10 Å². The average Bonchev–Trinajstić information content (AvgIpc) is 3.16. The standard InChI is InChI=1S/C27H32N4O2/c1-18-12-19(2)14-21(13-18)31-24(32)22-15-23(26(3,4)5)29-30(22)17-27(31,6)25(33)28-16-20-10-8-7-9-11-20/h7-15H,16-17H2,1-6H3,(H,28,33)/t27-/m1/s1. The number of aromatic nitrogens is 2. The van der Waals surface area contributed by atoms with Crippen molar-refractivity contribution in [1.29, 1.82) is 0 Å². The number of rotatable bonds is 4. The van der Waals surface area contributed by atoms with Gasteiger partial charge in [0.1, 0.15) is 11.2 Å². The van der Waals surface area contributed by atoms with Crippen LogP contribution in [-0.2, 0) is 23.3 Å². The number of carbonyl (C=O) groups excluding carboxylic acids is 2. The molecule has 0 saturated carbocycles. The molecule has 0 aliphatic carbocycles. The summed E-state index contributed by atoms with van der Waals surface area (Å²) < 4.78 is 1.70. The van der Waals surface area contributed by atoms with E-state index >= 15 is 0 Å². The fourth-order valence-electron chi connectivity index (χ4n) is 4.40. The normalized spacial score (nSPS) is 18.2. The zero-order valence-electron chi connectivity index (χ0n) is 20.3. The second-order valence-electron chi connectivity index (χ2n) is 10.3. The van der Waals surface area contributed by atoms with Crippen molar-refractivity contribution in [2.45, 2.75) is 65.6 Å². The smallest absolute Gasteiger partial charge is 0.277 e. The third-order valence-electron chi connectivity index (χ3n) is 6.17. The third-order valence-corrected chi connectivity index (χ3v) is 6.17. The van der Waals surface area contributed by atoms with E-state index in [0.717, 1.165) is 28.1 Å². The maximum absolute atomic E-state index is 13.9. The number of hydrogen-bond acceptors (Lipinski definition) is 3. The van der Waals surface area contributed by atoms with Crippen LogP contribution in [-0.4, -0.2) is 27.1 Å². The lowest BCUT2D eigenvalue weighted by Crippen LogP contribution is -2.64. The maximum atomic E-state index is 13.9. The Balaban J connectivity index is 1.78. The molecule has 172 valence electrons. The molecule has 1 atom stereocenters. The van der Waals surface area contributed by atoms with Crippen LogP contribution in [0.3, 0.4) is 0 Å². The summed E-state index contributed by atoms with van der Waals surface area (Å²) in [5.74, 6) is -0.427. The van der Waals surface area contributed by atoms with Gasteiger partial charge in [0.25, 0.3) is 5.91 Å². The molecule has 1 aromatic heterocycles. The Morgan fingerprint density at radius 3 is 2.30 bits per heavy atom. The average molecular weight is 445 g/mol. The number of hydrogen-bond donors (Lipinski definition) is 1. The summed E-state index contributed by atoms with van der Waals surface area (Å²) in [6, 6.07) is 17.6. The van der Waals surface area contributed by atoms with Gasteiger partial charge >= 0.3 is 0 Å². The Morgan fingerprint density at radius 1 is 1.06 bits per heavy atom. The summed E-state index contributed by atoms with van der Waals surface area (Å²) in [6.45, 7) is 12.7. The van der Waals surface area contributed by atoms with Gasteiger partial charge in [0, 0.05) is 17.6 Å². The Bertz CT molecular complexity index is 1190. The molecular formula is C27H32N4O2. The summed E-state index contributed by atoms with van der Waals surface area (Å²) in [4.78, 5) is 29.2. The molecular weight excluding hydrogens is 412 g/mol. The topological polar surface area (TPSA) is 67.2 Å². The molecule has 1 N–H and O–H groups in total. The van der Waals surface area contributed by atoms with Gasteiger partial charge in [0.2, 0.25) is 5.91 Å². The number of carbonyl (C=O) groups is 2. The van der Waals surface area contributed by atoms with Gasteiger partial charge in [-0.05, 0) is 55.7 Å². The van der Waals surface area contributed by atoms with Gasteiger partial charge in [-0.1, -0.05) is 57.2 Å². The molecule has 6 heteroatoms. The van der Waals surface area contributed by atoms with Crippen molar-refractivity contribution in [2.24, 2.45) is 0 Å². The van der Waals surface area contributed by atoms with Crippen molar-refractivity contribution in [3.63, 3.8) is 0 Å². The lowest BCUT2D eigenvalue weighted by Gasteiger charge is -2.43. The minimum Gasteiger partial charge on any atom is -0.350 e.